The fourth-order valence-corrected chi connectivity index (χ4v) is 3.64. The molecule has 0 radical (unpaired) electrons. The van der Waals surface area contributed by atoms with Crippen molar-refractivity contribution in [1.29, 1.82) is 0 Å². The third-order valence-electron chi connectivity index (χ3n) is 3.25. The first kappa shape index (κ1) is 14.3. The van der Waals surface area contributed by atoms with Crippen LogP contribution in [-0.2, 0) is 6.61 Å². The molecule has 0 N–H and O–H groups in total. The van der Waals surface area contributed by atoms with Gasteiger partial charge in [-0.05, 0) is 46.4 Å². The average Bonchev–Trinajstić information content (AvgIpc) is 2.90. The molecule has 21 heavy (non-hydrogen) atoms. The molecule has 0 spiro atoms. The summed E-state index contributed by atoms with van der Waals surface area (Å²) in [6.45, 7) is 2.03. The number of carbonyl (C=O) groups excluding carboxylic acids is 1. The van der Waals surface area contributed by atoms with Gasteiger partial charge in [-0.3, -0.25) is 4.79 Å². The summed E-state index contributed by atoms with van der Waals surface area (Å²) >= 11 is 5.08. The molecule has 1 aromatic heterocycles. The summed E-state index contributed by atoms with van der Waals surface area (Å²) in [7, 11) is 0. The van der Waals surface area contributed by atoms with Crippen molar-refractivity contribution in [2.45, 2.75) is 13.5 Å². The van der Waals surface area contributed by atoms with E-state index in [9.17, 15) is 4.79 Å². The van der Waals surface area contributed by atoms with Crippen molar-refractivity contribution in [3.05, 3.63) is 62.8 Å². The summed E-state index contributed by atoms with van der Waals surface area (Å²) in [5.74, 6) is 0.688. The largest absolute Gasteiger partial charge is 0.487 e. The number of rotatable bonds is 4. The summed E-state index contributed by atoms with van der Waals surface area (Å²) in [6, 6.07) is 15.8. The molecule has 3 rings (SSSR count). The van der Waals surface area contributed by atoms with Gasteiger partial charge in [-0.2, -0.15) is 0 Å². The smallest absolute Gasteiger partial charge is 0.163 e. The molecule has 0 bridgehead atoms. The van der Waals surface area contributed by atoms with Gasteiger partial charge in [0.1, 0.15) is 12.4 Å². The van der Waals surface area contributed by atoms with E-state index >= 15 is 0 Å². The van der Waals surface area contributed by atoms with Gasteiger partial charge in [-0.25, -0.2) is 0 Å². The van der Waals surface area contributed by atoms with E-state index in [0.717, 1.165) is 19.4 Å². The zero-order valence-corrected chi connectivity index (χ0v) is 13.8. The molecule has 0 atom stereocenters. The number of fused-ring (bicyclic) bond motifs is 1. The van der Waals surface area contributed by atoms with Crippen molar-refractivity contribution in [2.75, 3.05) is 0 Å². The van der Waals surface area contributed by atoms with Gasteiger partial charge in [-0.15, -0.1) is 11.3 Å². The van der Waals surface area contributed by atoms with Crippen LogP contribution in [0.25, 0.3) is 10.8 Å². The standard InChI is InChI=1S/C17H13BrO2S/c1-11(19)14-8-6-12-4-2-3-5-15(12)17(14)20-10-13-7-9-16(18)21-13/h2-9H,10H2,1H3. The molecule has 3 aromatic rings. The Bertz CT molecular complexity index is 807. The minimum atomic E-state index is 0.0168. The van der Waals surface area contributed by atoms with Crippen LogP contribution in [0.3, 0.4) is 0 Å². The van der Waals surface area contributed by atoms with Crippen LogP contribution in [0.1, 0.15) is 22.2 Å². The van der Waals surface area contributed by atoms with Crippen LogP contribution in [-0.4, -0.2) is 5.78 Å². The van der Waals surface area contributed by atoms with E-state index in [1.54, 1.807) is 18.3 Å². The highest BCUT2D eigenvalue weighted by Gasteiger charge is 2.13. The topological polar surface area (TPSA) is 26.3 Å². The lowest BCUT2D eigenvalue weighted by atomic mass is 10.0. The second kappa shape index (κ2) is 6.00. The maximum atomic E-state index is 11.8. The molecule has 0 aliphatic carbocycles. The lowest BCUT2D eigenvalue weighted by Crippen LogP contribution is -2.01. The number of ketones is 1. The van der Waals surface area contributed by atoms with Crippen molar-refractivity contribution >= 4 is 43.8 Å². The van der Waals surface area contributed by atoms with Crippen molar-refractivity contribution in [3.8, 4) is 5.75 Å². The first-order chi connectivity index (χ1) is 10.1. The van der Waals surface area contributed by atoms with Crippen LogP contribution in [0.5, 0.6) is 5.75 Å². The molecule has 2 nitrogen and oxygen atoms in total. The number of ether oxygens (including phenoxy) is 1. The second-order valence-corrected chi connectivity index (χ2v) is 7.26. The molecule has 0 saturated heterocycles. The normalized spacial score (nSPS) is 10.8. The molecular weight excluding hydrogens is 348 g/mol. The fourth-order valence-electron chi connectivity index (χ4n) is 2.25. The van der Waals surface area contributed by atoms with Gasteiger partial charge >= 0.3 is 0 Å². The maximum absolute atomic E-state index is 11.8. The van der Waals surface area contributed by atoms with Crippen LogP contribution >= 0.6 is 27.3 Å². The molecule has 1 heterocycles. The first-order valence-electron chi connectivity index (χ1n) is 6.55. The predicted molar refractivity (Wildman–Crippen MR) is 90.3 cm³/mol. The van der Waals surface area contributed by atoms with Gasteiger partial charge in [0.15, 0.2) is 5.78 Å². The zero-order chi connectivity index (χ0) is 14.8. The van der Waals surface area contributed by atoms with Crippen LogP contribution in [0, 0.1) is 0 Å². The Morgan fingerprint density at radius 3 is 2.67 bits per heavy atom. The van der Waals surface area contributed by atoms with E-state index in [4.69, 9.17) is 4.74 Å². The highest BCUT2D eigenvalue weighted by Crippen LogP contribution is 2.32. The Hall–Kier alpha value is -1.65. The van der Waals surface area contributed by atoms with E-state index in [-0.39, 0.29) is 5.78 Å². The molecule has 0 aliphatic rings. The Kier molecular flexibility index (Phi) is 4.08. The summed E-state index contributed by atoms with van der Waals surface area (Å²) in [4.78, 5) is 13.0. The maximum Gasteiger partial charge on any atom is 0.163 e. The molecular formula is C17H13BrO2S. The van der Waals surface area contributed by atoms with Crippen molar-refractivity contribution in [2.24, 2.45) is 0 Å². The Morgan fingerprint density at radius 2 is 1.95 bits per heavy atom. The van der Waals surface area contributed by atoms with Gasteiger partial charge < -0.3 is 4.74 Å². The quantitative estimate of drug-likeness (QED) is 0.578. The minimum Gasteiger partial charge on any atom is -0.487 e. The highest BCUT2D eigenvalue weighted by molar-refractivity contribution is 9.11. The van der Waals surface area contributed by atoms with E-state index in [0.29, 0.717) is 17.9 Å². The molecule has 4 heteroatoms. The summed E-state index contributed by atoms with van der Waals surface area (Å²) in [6.07, 6.45) is 0. The third-order valence-corrected chi connectivity index (χ3v) is 4.84. The monoisotopic (exact) mass is 360 g/mol. The van der Waals surface area contributed by atoms with Gasteiger partial charge in [0, 0.05) is 10.3 Å². The summed E-state index contributed by atoms with van der Waals surface area (Å²) in [5.41, 5.74) is 0.629. The molecule has 2 aromatic carbocycles. The lowest BCUT2D eigenvalue weighted by Gasteiger charge is -2.12. The number of thiophene rings is 1. The molecule has 106 valence electrons. The number of carbonyl (C=O) groups is 1. The number of hydrogen-bond donors (Lipinski definition) is 0. The number of Topliss-reactive ketones (excluding diaryl/α,β-unsaturated/α-hetero) is 1. The van der Waals surface area contributed by atoms with E-state index < -0.39 is 0 Å². The van der Waals surface area contributed by atoms with Crippen LogP contribution < -0.4 is 4.74 Å². The van der Waals surface area contributed by atoms with Gasteiger partial charge in [0.05, 0.1) is 9.35 Å². The Morgan fingerprint density at radius 1 is 1.14 bits per heavy atom. The van der Waals surface area contributed by atoms with E-state index in [1.165, 1.54) is 0 Å². The van der Waals surface area contributed by atoms with Crippen LogP contribution in [0.15, 0.2) is 52.3 Å². The minimum absolute atomic E-state index is 0.0168. The Balaban J connectivity index is 2.01. The van der Waals surface area contributed by atoms with Crippen LogP contribution in [0.4, 0.5) is 0 Å². The first-order valence-corrected chi connectivity index (χ1v) is 8.16. The van der Waals surface area contributed by atoms with E-state index in [2.05, 4.69) is 15.9 Å². The Labute approximate surface area is 135 Å². The fraction of sp³-hybridized carbons (Fsp3) is 0.118. The number of hydrogen-bond acceptors (Lipinski definition) is 3. The predicted octanol–water partition coefficient (Wildman–Crippen LogP) is 5.45. The molecule has 0 amide bonds. The van der Waals surface area contributed by atoms with Crippen LogP contribution in [0.2, 0.25) is 0 Å². The van der Waals surface area contributed by atoms with Crippen molar-refractivity contribution < 1.29 is 9.53 Å². The molecule has 0 fully saturated rings. The molecule has 0 unspecified atom stereocenters. The van der Waals surface area contributed by atoms with Gasteiger partial charge in [0.2, 0.25) is 0 Å². The van der Waals surface area contributed by atoms with Gasteiger partial charge in [0.25, 0.3) is 0 Å². The van der Waals surface area contributed by atoms with E-state index in [1.807, 2.05) is 48.5 Å². The van der Waals surface area contributed by atoms with Crippen molar-refractivity contribution in [1.82, 2.24) is 0 Å². The highest BCUT2D eigenvalue weighted by atomic mass is 79.9. The molecule has 0 saturated carbocycles. The third kappa shape index (κ3) is 3.01. The average molecular weight is 361 g/mol. The number of halogens is 1. The van der Waals surface area contributed by atoms with Crippen molar-refractivity contribution in [3.63, 3.8) is 0 Å². The van der Waals surface area contributed by atoms with Gasteiger partial charge in [-0.1, -0.05) is 30.3 Å². The summed E-state index contributed by atoms with van der Waals surface area (Å²) in [5, 5.41) is 2.05. The molecule has 0 aliphatic heterocycles. The summed E-state index contributed by atoms with van der Waals surface area (Å²) < 4.78 is 7.05. The second-order valence-electron chi connectivity index (χ2n) is 4.71. The zero-order valence-electron chi connectivity index (χ0n) is 11.4. The lowest BCUT2D eigenvalue weighted by molar-refractivity contribution is 0.101. The SMILES string of the molecule is CC(=O)c1ccc2ccccc2c1OCc1ccc(Br)s1. The number of benzene rings is 2.